The van der Waals surface area contributed by atoms with Crippen LogP contribution in [0.1, 0.15) is 38.2 Å². The summed E-state index contributed by atoms with van der Waals surface area (Å²) >= 11 is 0. The van der Waals surface area contributed by atoms with Crippen LogP contribution < -0.4 is 5.73 Å². The SMILES string of the molecule is CCCC1CC(N)(c2cccnc2)C1. The van der Waals surface area contributed by atoms with Crippen molar-refractivity contribution >= 4 is 0 Å². The van der Waals surface area contributed by atoms with Gasteiger partial charge in [0.05, 0.1) is 0 Å². The Labute approximate surface area is 85.5 Å². The molecule has 2 rings (SSSR count). The highest BCUT2D eigenvalue weighted by atomic mass is 14.8. The lowest BCUT2D eigenvalue weighted by Crippen LogP contribution is -2.48. The molecule has 1 fully saturated rings. The van der Waals surface area contributed by atoms with Crippen molar-refractivity contribution in [2.24, 2.45) is 11.7 Å². The lowest BCUT2D eigenvalue weighted by molar-refractivity contribution is 0.137. The molecule has 1 aromatic heterocycles. The third kappa shape index (κ3) is 1.67. The smallest absolute Gasteiger partial charge is 0.0430 e. The normalized spacial score (nSPS) is 31.1. The van der Waals surface area contributed by atoms with Gasteiger partial charge in [-0.1, -0.05) is 25.8 Å². The number of nitrogens with two attached hydrogens (primary N) is 1. The Hall–Kier alpha value is -0.890. The summed E-state index contributed by atoms with van der Waals surface area (Å²) in [5.41, 5.74) is 7.43. The Morgan fingerprint density at radius 2 is 2.36 bits per heavy atom. The van der Waals surface area contributed by atoms with E-state index in [0.29, 0.717) is 0 Å². The summed E-state index contributed by atoms with van der Waals surface area (Å²) < 4.78 is 0. The van der Waals surface area contributed by atoms with Gasteiger partial charge < -0.3 is 5.73 Å². The summed E-state index contributed by atoms with van der Waals surface area (Å²) in [6, 6.07) is 4.06. The van der Waals surface area contributed by atoms with Crippen LogP contribution >= 0.6 is 0 Å². The van der Waals surface area contributed by atoms with Crippen molar-refractivity contribution in [2.75, 3.05) is 0 Å². The Morgan fingerprint density at radius 1 is 1.57 bits per heavy atom. The van der Waals surface area contributed by atoms with Crippen LogP contribution in [0, 0.1) is 5.92 Å². The van der Waals surface area contributed by atoms with Crippen LogP contribution in [0.4, 0.5) is 0 Å². The standard InChI is InChI=1S/C12H18N2/c1-2-4-10-7-12(13,8-10)11-5-3-6-14-9-11/h3,5-6,9-10H,2,4,7-8,13H2,1H3. The van der Waals surface area contributed by atoms with Crippen LogP contribution in [0.2, 0.25) is 0 Å². The average molecular weight is 190 g/mol. The molecule has 2 heteroatoms. The van der Waals surface area contributed by atoms with Gasteiger partial charge in [-0.2, -0.15) is 0 Å². The van der Waals surface area contributed by atoms with Gasteiger partial charge in [-0.25, -0.2) is 0 Å². The van der Waals surface area contributed by atoms with E-state index in [0.717, 1.165) is 18.8 Å². The number of aromatic nitrogens is 1. The summed E-state index contributed by atoms with van der Waals surface area (Å²) in [7, 11) is 0. The molecule has 76 valence electrons. The van der Waals surface area contributed by atoms with E-state index in [1.807, 2.05) is 12.3 Å². The van der Waals surface area contributed by atoms with Gasteiger partial charge >= 0.3 is 0 Å². The average Bonchev–Trinajstić information content (AvgIpc) is 2.17. The Balaban J connectivity index is 2.01. The van der Waals surface area contributed by atoms with Gasteiger partial charge in [0.15, 0.2) is 0 Å². The molecule has 0 amide bonds. The first kappa shape index (κ1) is 9.66. The van der Waals surface area contributed by atoms with Crippen molar-refractivity contribution in [3.05, 3.63) is 30.1 Å². The molecular weight excluding hydrogens is 172 g/mol. The number of pyridine rings is 1. The number of hydrogen-bond donors (Lipinski definition) is 1. The first-order valence-electron chi connectivity index (χ1n) is 5.44. The first-order chi connectivity index (χ1) is 6.74. The third-order valence-electron chi connectivity index (χ3n) is 3.24. The lowest BCUT2D eigenvalue weighted by atomic mass is 9.64. The second-order valence-corrected chi connectivity index (χ2v) is 4.46. The Morgan fingerprint density at radius 3 is 2.93 bits per heavy atom. The molecule has 2 N–H and O–H groups in total. The largest absolute Gasteiger partial charge is 0.321 e. The molecular formula is C12H18N2. The maximum atomic E-state index is 6.30. The van der Waals surface area contributed by atoms with Crippen molar-refractivity contribution < 1.29 is 0 Å². The van der Waals surface area contributed by atoms with E-state index in [1.54, 1.807) is 6.20 Å². The van der Waals surface area contributed by atoms with E-state index in [9.17, 15) is 0 Å². The fourth-order valence-corrected chi connectivity index (χ4v) is 2.48. The quantitative estimate of drug-likeness (QED) is 0.795. The number of hydrogen-bond acceptors (Lipinski definition) is 2. The van der Waals surface area contributed by atoms with E-state index in [2.05, 4.69) is 18.0 Å². The zero-order valence-corrected chi connectivity index (χ0v) is 8.74. The molecule has 2 nitrogen and oxygen atoms in total. The second-order valence-electron chi connectivity index (χ2n) is 4.46. The van der Waals surface area contributed by atoms with Gasteiger partial charge in [-0.05, 0) is 30.4 Å². The number of rotatable bonds is 3. The van der Waals surface area contributed by atoms with Gasteiger partial charge in [0.2, 0.25) is 0 Å². The van der Waals surface area contributed by atoms with Crippen LogP contribution in [-0.2, 0) is 5.54 Å². The first-order valence-corrected chi connectivity index (χ1v) is 5.44. The van der Waals surface area contributed by atoms with Crippen LogP contribution in [0.15, 0.2) is 24.5 Å². The van der Waals surface area contributed by atoms with Gasteiger partial charge in [0, 0.05) is 17.9 Å². The van der Waals surface area contributed by atoms with Crippen molar-refractivity contribution in [3.8, 4) is 0 Å². The maximum Gasteiger partial charge on any atom is 0.0430 e. The molecule has 1 heterocycles. The molecule has 0 aromatic carbocycles. The zero-order valence-electron chi connectivity index (χ0n) is 8.74. The monoisotopic (exact) mass is 190 g/mol. The summed E-state index contributed by atoms with van der Waals surface area (Å²) in [5, 5.41) is 0. The predicted octanol–water partition coefficient (Wildman–Crippen LogP) is 2.45. The Bertz CT molecular complexity index is 288. The summed E-state index contributed by atoms with van der Waals surface area (Å²) in [5.74, 6) is 0.838. The van der Waals surface area contributed by atoms with E-state index >= 15 is 0 Å². The highest BCUT2D eigenvalue weighted by Gasteiger charge is 2.41. The molecule has 0 bridgehead atoms. The molecule has 0 saturated heterocycles. The maximum absolute atomic E-state index is 6.30. The minimum atomic E-state index is -0.0753. The molecule has 0 aliphatic heterocycles. The fourth-order valence-electron chi connectivity index (χ4n) is 2.48. The van der Waals surface area contributed by atoms with Crippen molar-refractivity contribution in [1.29, 1.82) is 0 Å². The molecule has 1 aromatic rings. The topological polar surface area (TPSA) is 38.9 Å². The summed E-state index contributed by atoms with van der Waals surface area (Å²) in [6.07, 6.45) is 8.56. The van der Waals surface area contributed by atoms with Gasteiger partial charge in [0.1, 0.15) is 0 Å². The predicted molar refractivity (Wildman–Crippen MR) is 57.7 cm³/mol. The molecule has 0 radical (unpaired) electrons. The van der Waals surface area contributed by atoms with Crippen molar-refractivity contribution in [3.63, 3.8) is 0 Å². The van der Waals surface area contributed by atoms with E-state index in [-0.39, 0.29) is 5.54 Å². The van der Waals surface area contributed by atoms with Crippen molar-refractivity contribution in [1.82, 2.24) is 4.98 Å². The van der Waals surface area contributed by atoms with Gasteiger partial charge in [-0.3, -0.25) is 4.98 Å². The molecule has 1 aliphatic rings. The molecule has 0 spiro atoms. The molecule has 14 heavy (non-hydrogen) atoms. The van der Waals surface area contributed by atoms with Crippen LogP contribution in [0.25, 0.3) is 0 Å². The minimum absolute atomic E-state index is 0.0753. The summed E-state index contributed by atoms with van der Waals surface area (Å²) in [4.78, 5) is 4.12. The third-order valence-corrected chi connectivity index (χ3v) is 3.24. The van der Waals surface area contributed by atoms with E-state index in [4.69, 9.17) is 5.73 Å². The van der Waals surface area contributed by atoms with Gasteiger partial charge in [0.25, 0.3) is 0 Å². The van der Waals surface area contributed by atoms with E-state index in [1.165, 1.54) is 18.4 Å². The summed E-state index contributed by atoms with van der Waals surface area (Å²) in [6.45, 7) is 2.24. The lowest BCUT2D eigenvalue weighted by Gasteiger charge is -2.45. The minimum Gasteiger partial charge on any atom is -0.321 e. The number of nitrogens with zero attached hydrogens (tertiary/aromatic N) is 1. The zero-order chi connectivity index (χ0) is 10.0. The second kappa shape index (κ2) is 3.70. The van der Waals surface area contributed by atoms with Gasteiger partial charge in [-0.15, -0.1) is 0 Å². The fraction of sp³-hybridized carbons (Fsp3) is 0.583. The highest BCUT2D eigenvalue weighted by Crippen LogP contribution is 2.45. The van der Waals surface area contributed by atoms with E-state index < -0.39 is 0 Å². The molecule has 1 saturated carbocycles. The molecule has 1 aliphatic carbocycles. The molecule has 0 atom stereocenters. The molecule has 0 unspecified atom stereocenters. The van der Waals surface area contributed by atoms with Crippen LogP contribution in [-0.4, -0.2) is 4.98 Å². The highest BCUT2D eigenvalue weighted by molar-refractivity contribution is 5.23. The van der Waals surface area contributed by atoms with Crippen molar-refractivity contribution in [2.45, 2.75) is 38.1 Å². The Kier molecular flexibility index (Phi) is 2.55. The van der Waals surface area contributed by atoms with Crippen LogP contribution in [0.3, 0.4) is 0 Å². The van der Waals surface area contributed by atoms with Crippen LogP contribution in [0.5, 0.6) is 0 Å².